The van der Waals surface area contributed by atoms with E-state index in [4.69, 9.17) is 4.74 Å². The van der Waals surface area contributed by atoms with E-state index in [0.717, 1.165) is 16.9 Å². The lowest BCUT2D eigenvalue weighted by atomic mass is 10.1. The molecule has 2 aromatic carbocycles. The first-order valence-corrected chi connectivity index (χ1v) is 9.00. The summed E-state index contributed by atoms with van der Waals surface area (Å²) in [4.78, 5) is 39.0. The largest absolute Gasteiger partial charge is 0.484 e. The van der Waals surface area contributed by atoms with E-state index in [1.807, 2.05) is 30.3 Å². The summed E-state index contributed by atoms with van der Waals surface area (Å²) in [5.74, 6) is -0.268. The summed E-state index contributed by atoms with van der Waals surface area (Å²) in [6, 6.07) is 14.6. The third kappa shape index (κ3) is 4.57. The first-order valence-electron chi connectivity index (χ1n) is 8.18. The Morgan fingerprint density at radius 1 is 1.14 bits per heavy atom. The Morgan fingerprint density at radius 2 is 1.82 bits per heavy atom. The van der Waals surface area contributed by atoms with Gasteiger partial charge in [0, 0.05) is 24.6 Å². The molecule has 0 saturated heterocycles. The Bertz CT molecular complexity index is 1020. The van der Waals surface area contributed by atoms with E-state index in [2.05, 4.69) is 10.3 Å². The van der Waals surface area contributed by atoms with Gasteiger partial charge < -0.3 is 4.74 Å². The molecule has 3 rings (SSSR count). The Morgan fingerprint density at radius 3 is 2.43 bits per heavy atom. The van der Waals surface area contributed by atoms with Crippen LogP contribution in [-0.2, 0) is 4.79 Å². The van der Waals surface area contributed by atoms with E-state index in [9.17, 15) is 19.7 Å². The molecule has 1 amide bonds. The number of carbonyl (C=O) groups is 2. The van der Waals surface area contributed by atoms with Crippen LogP contribution in [0.4, 0.5) is 10.8 Å². The van der Waals surface area contributed by atoms with Crippen LogP contribution in [0.1, 0.15) is 16.6 Å². The maximum atomic E-state index is 12.1. The third-order valence-electron chi connectivity index (χ3n) is 3.66. The summed E-state index contributed by atoms with van der Waals surface area (Å²) in [5, 5.41) is 13.5. The highest BCUT2D eigenvalue weighted by Crippen LogP contribution is 2.31. The predicted octanol–water partition coefficient (Wildman–Crippen LogP) is 3.94. The van der Waals surface area contributed by atoms with E-state index in [1.165, 1.54) is 31.2 Å². The molecule has 3 aromatic rings. The van der Waals surface area contributed by atoms with Gasteiger partial charge in [-0.3, -0.25) is 25.0 Å². The molecule has 1 heterocycles. The van der Waals surface area contributed by atoms with Crippen molar-refractivity contribution >= 4 is 33.8 Å². The molecule has 1 aromatic heterocycles. The Balaban J connectivity index is 1.67. The second kappa shape index (κ2) is 8.40. The van der Waals surface area contributed by atoms with Gasteiger partial charge in [0.25, 0.3) is 11.6 Å². The lowest BCUT2D eigenvalue weighted by Crippen LogP contribution is -2.20. The number of thiazole rings is 1. The zero-order chi connectivity index (χ0) is 20.1. The van der Waals surface area contributed by atoms with Gasteiger partial charge in [-0.25, -0.2) is 4.98 Å². The van der Waals surface area contributed by atoms with Gasteiger partial charge in [-0.2, -0.15) is 0 Å². The van der Waals surface area contributed by atoms with E-state index in [0.29, 0.717) is 21.5 Å². The molecule has 1 N–H and O–H groups in total. The van der Waals surface area contributed by atoms with Crippen molar-refractivity contribution in [3.63, 3.8) is 0 Å². The van der Waals surface area contributed by atoms with Crippen molar-refractivity contribution in [3.05, 3.63) is 69.6 Å². The molecule has 8 nitrogen and oxygen atoms in total. The van der Waals surface area contributed by atoms with Crippen molar-refractivity contribution in [2.75, 3.05) is 11.9 Å². The van der Waals surface area contributed by atoms with Crippen LogP contribution in [0, 0.1) is 10.1 Å². The summed E-state index contributed by atoms with van der Waals surface area (Å²) >= 11 is 1.09. The number of benzene rings is 2. The number of Topliss-reactive ketones (excluding diaryl/α,β-unsaturated/α-hetero) is 1. The number of rotatable bonds is 7. The van der Waals surface area contributed by atoms with Crippen LogP contribution in [0.2, 0.25) is 0 Å². The van der Waals surface area contributed by atoms with Gasteiger partial charge >= 0.3 is 0 Å². The van der Waals surface area contributed by atoms with Crippen molar-refractivity contribution in [3.8, 4) is 17.0 Å². The van der Waals surface area contributed by atoms with Gasteiger partial charge in [0.05, 0.1) is 15.5 Å². The van der Waals surface area contributed by atoms with Crippen LogP contribution in [-0.4, -0.2) is 28.2 Å². The number of hydrogen-bond acceptors (Lipinski definition) is 7. The average Bonchev–Trinajstić information content (AvgIpc) is 3.11. The Labute approximate surface area is 164 Å². The first kappa shape index (κ1) is 19.2. The monoisotopic (exact) mass is 397 g/mol. The second-order valence-electron chi connectivity index (χ2n) is 5.71. The van der Waals surface area contributed by atoms with Crippen molar-refractivity contribution in [1.82, 2.24) is 4.98 Å². The van der Waals surface area contributed by atoms with Gasteiger partial charge in [-0.05, 0) is 12.1 Å². The predicted molar refractivity (Wildman–Crippen MR) is 105 cm³/mol. The van der Waals surface area contributed by atoms with Crippen molar-refractivity contribution in [2.24, 2.45) is 0 Å². The van der Waals surface area contributed by atoms with Crippen LogP contribution in [0.3, 0.4) is 0 Å². The van der Waals surface area contributed by atoms with Gasteiger partial charge in [-0.1, -0.05) is 41.7 Å². The number of aromatic nitrogens is 1. The lowest BCUT2D eigenvalue weighted by Gasteiger charge is -2.05. The van der Waals surface area contributed by atoms with Crippen molar-refractivity contribution < 1.29 is 19.2 Å². The summed E-state index contributed by atoms with van der Waals surface area (Å²) < 4.78 is 5.32. The molecule has 0 aliphatic heterocycles. The number of nitro groups is 1. The molecule has 0 radical (unpaired) electrons. The SMILES string of the molecule is CC(=O)c1sc(NC(=O)COc2ccc([N+](=O)[O-])cc2)nc1-c1ccccc1. The molecule has 142 valence electrons. The van der Waals surface area contributed by atoms with Crippen LogP contribution >= 0.6 is 11.3 Å². The van der Waals surface area contributed by atoms with Crippen LogP contribution < -0.4 is 10.1 Å². The second-order valence-corrected chi connectivity index (χ2v) is 6.71. The molecule has 0 aliphatic carbocycles. The number of anilines is 1. The van der Waals surface area contributed by atoms with Gasteiger partial charge in [0.15, 0.2) is 17.5 Å². The molecule has 0 bridgehead atoms. The quantitative estimate of drug-likeness (QED) is 0.367. The highest BCUT2D eigenvalue weighted by Gasteiger charge is 2.18. The fraction of sp³-hybridized carbons (Fsp3) is 0.105. The van der Waals surface area contributed by atoms with Gasteiger partial charge in [-0.15, -0.1) is 0 Å². The van der Waals surface area contributed by atoms with Crippen molar-refractivity contribution in [2.45, 2.75) is 6.92 Å². The third-order valence-corrected chi connectivity index (χ3v) is 4.73. The molecule has 0 fully saturated rings. The Kier molecular flexibility index (Phi) is 5.75. The Hall–Kier alpha value is -3.59. The van der Waals surface area contributed by atoms with Gasteiger partial charge in [0.1, 0.15) is 5.75 Å². The number of nitrogens with zero attached hydrogens (tertiary/aromatic N) is 2. The van der Waals surface area contributed by atoms with Crippen LogP contribution in [0.5, 0.6) is 5.75 Å². The minimum absolute atomic E-state index is 0.0650. The van der Waals surface area contributed by atoms with E-state index >= 15 is 0 Å². The number of non-ortho nitro benzene ring substituents is 1. The minimum atomic E-state index is -0.518. The molecule has 0 spiro atoms. The normalized spacial score (nSPS) is 10.3. The standard InChI is InChI=1S/C19H15N3O5S/c1-12(23)18-17(13-5-3-2-4-6-13)21-19(28-18)20-16(24)11-27-15-9-7-14(8-10-15)22(25)26/h2-10H,11H2,1H3,(H,20,21,24). The molecule has 0 atom stereocenters. The average molecular weight is 397 g/mol. The highest BCUT2D eigenvalue weighted by atomic mass is 32.1. The minimum Gasteiger partial charge on any atom is -0.484 e. The summed E-state index contributed by atoms with van der Waals surface area (Å²) in [7, 11) is 0. The van der Waals surface area contributed by atoms with Crippen LogP contribution in [0.15, 0.2) is 54.6 Å². The zero-order valence-corrected chi connectivity index (χ0v) is 15.6. The highest BCUT2D eigenvalue weighted by molar-refractivity contribution is 7.18. The molecule has 0 aliphatic rings. The number of hydrogen-bond donors (Lipinski definition) is 1. The molecule has 0 unspecified atom stereocenters. The number of ether oxygens (including phenoxy) is 1. The fourth-order valence-corrected chi connectivity index (χ4v) is 3.27. The van der Waals surface area contributed by atoms with E-state index in [1.54, 1.807) is 0 Å². The number of amides is 1. The summed E-state index contributed by atoms with van der Waals surface area (Å²) in [6.07, 6.45) is 0. The van der Waals surface area contributed by atoms with Gasteiger partial charge in [0.2, 0.25) is 0 Å². The number of carbonyl (C=O) groups excluding carboxylic acids is 2. The van der Waals surface area contributed by atoms with Crippen molar-refractivity contribution in [1.29, 1.82) is 0 Å². The van der Waals surface area contributed by atoms with E-state index in [-0.39, 0.29) is 18.1 Å². The smallest absolute Gasteiger partial charge is 0.269 e. The van der Waals surface area contributed by atoms with E-state index < -0.39 is 10.8 Å². The van der Waals surface area contributed by atoms with Crippen LogP contribution in [0.25, 0.3) is 11.3 Å². The number of nitro benzene ring substituents is 1. The molecular weight excluding hydrogens is 382 g/mol. The maximum absolute atomic E-state index is 12.1. The molecular formula is C19H15N3O5S. The first-order chi connectivity index (χ1) is 13.4. The zero-order valence-electron chi connectivity index (χ0n) is 14.7. The lowest BCUT2D eigenvalue weighted by molar-refractivity contribution is -0.384. The summed E-state index contributed by atoms with van der Waals surface area (Å²) in [6.45, 7) is 1.15. The summed E-state index contributed by atoms with van der Waals surface area (Å²) in [5.41, 5.74) is 1.24. The molecule has 9 heteroatoms. The topological polar surface area (TPSA) is 111 Å². The molecule has 0 saturated carbocycles. The molecule has 28 heavy (non-hydrogen) atoms. The maximum Gasteiger partial charge on any atom is 0.269 e. The number of nitrogens with one attached hydrogen (secondary N) is 1. The number of ketones is 1. The fourth-order valence-electron chi connectivity index (χ4n) is 2.37.